The van der Waals surface area contributed by atoms with Crippen molar-refractivity contribution in [3.8, 4) is 11.3 Å². The van der Waals surface area contributed by atoms with Gasteiger partial charge in [-0.15, -0.1) is 9.24 Å². The molecular formula is C25H27N4P. The molecule has 3 heterocycles. The third-order valence-corrected chi connectivity index (χ3v) is 6.34. The van der Waals surface area contributed by atoms with E-state index in [0.717, 1.165) is 60.6 Å². The summed E-state index contributed by atoms with van der Waals surface area (Å²) in [6.07, 6.45) is 3.20. The van der Waals surface area contributed by atoms with Gasteiger partial charge in [-0.2, -0.15) is 0 Å². The molecule has 4 aromatic rings. The van der Waals surface area contributed by atoms with Gasteiger partial charge in [0.25, 0.3) is 0 Å². The molecular weight excluding hydrogens is 387 g/mol. The Morgan fingerprint density at radius 2 is 1.97 bits per heavy atom. The van der Waals surface area contributed by atoms with Crippen molar-refractivity contribution < 1.29 is 0 Å². The number of aromatic nitrogens is 2. The molecule has 0 saturated carbocycles. The van der Waals surface area contributed by atoms with Crippen LogP contribution in [0.25, 0.3) is 38.8 Å². The molecule has 0 bridgehead atoms. The van der Waals surface area contributed by atoms with Crippen LogP contribution >= 0.6 is 9.24 Å². The summed E-state index contributed by atoms with van der Waals surface area (Å²) in [6.45, 7) is 10.7. The zero-order chi connectivity index (χ0) is 20.7. The van der Waals surface area contributed by atoms with E-state index in [9.17, 15) is 0 Å². The van der Waals surface area contributed by atoms with Crippen LogP contribution in [0.3, 0.4) is 0 Å². The number of aromatic amines is 1. The van der Waals surface area contributed by atoms with Crippen molar-refractivity contribution in [2.45, 2.75) is 13.3 Å². The van der Waals surface area contributed by atoms with E-state index in [2.05, 4.69) is 86.6 Å². The van der Waals surface area contributed by atoms with E-state index in [4.69, 9.17) is 4.98 Å². The molecule has 0 spiro atoms. The molecule has 152 valence electrons. The molecule has 2 aromatic carbocycles. The van der Waals surface area contributed by atoms with E-state index in [1.54, 1.807) is 0 Å². The molecule has 30 heavy (non-hydrogen) atoms. The van der Waals surface area contributed by atoms with Gasteiger partial charge in [0.2, 0.25) is 0 Å². The van der Waals surface area contributed by atoms with Gasteiger partial charge in [-0.3, -0.25) is 0 Å². The molecule has 5 rings (SSSR count). The van der Waals surface area contributed by atoms with Crippen molar-refractivity contribution in [1.29, 1.82) is 0 Å². The summed E-state index contributed by atoms with van der Waals surface area (Å²) in [6, 6.07) is 15.1. The number of nitrogens with one attached hydrogen (secondary N) is 2. The molecule has 0 aliphatic carbocycles. The summed E-state index contributed by atoms with van der Waals surface area (Å²) in [5, 5.41) is 7.02. The molecule has 1 aliphatic rings. The number of aryl methyl sites for hydroxylation is 1. The van der Waals surface area contributed by atoms with Crippen LogP contribution in [-0.4, -0.2) is 41.0 Å². The first-order valence-corrected chi connectivity index (χ1v) is 11.1. The van der Waals surface area contributed by atoms with Crippen molar-refractivity contribution in [2.24, 2.45) is 0 Å². The zero-order valence-electron chi connectivity index (χ0n) is 17.3. The lowest BCUT2D eigenvalue weighted by molar-refractivity contribution is 0.425. The summed E-state index contributed by atoms with van der Waals surface area (Å²) in [7, 11) is 2.79. The molecule has 1 atom stereocenters. The second-order valence-corrected chi connectivity index (χ2v) is 8.79. The molecule has 1 aliphatic heterocycles. The SMILES string of the molecule is C=C(c1cc(-c2c[nH]c3ccc(P)cc23)nc2ccc(C)cc12)N1CCCNCC1. The molecule has 1 fully saturated rings. The lowest BCUT2D eigenvalue weighted by Crippen LogP contribution is -2.26. The van der Waals surface area contributed by atoms with Crippen LogP contribution in [0, 0.1) is 6.92 Å². The fourth-order valence-electron chi connectivity index (χ4n) is 4.35. The fraction of sp³-hybridized carbons (Fsp3) is 0.240. The van der Waals surface area contributed by atoms with Gasteiger partial charge in [-0.25, -0.2) is 4.98 Å². The Morgan fingerprint density at radius 3 is 2.87 bits per heavy atom. The lowest BCUT2D eigenvalue weighted by atomic mass is 10.00. The summed E-state index contributed by atoms with van der Waals surface area (Å²) in [5.74, 6) is 0. The highest BCUT2D eigenvalue weighted by molar-refractivity contribution is 7.27. The van der Waals surface area contributed by atoms with Crippen LogP contribution in [0.1, 0.15) is 17.5 Å². The van der Waals surface area contributed by atoms with Gasteiger partial charge in [0, 0.05) is 58.9 Å². The van der Waals surface area contributed by atoms with E-state index in [1.165, 1.54) is 27.2 Å². The van der Waals surface area contributed by atoms with E-state index < -0.39 is 0 Å². The first kappa shape index (κ1) is 19.3. The van der Waals surface area contributed by atoms with Gasteiger partial charge in [0.05, 0.1) is 11.2 Å². The highest BCUT2D eigenvalue weighted by Crippen LogP contribution is 2.34. The van der Waals surface area contributed by atoms with Gasteiger partial charge < -0.3 is 15.2 Å². The predicted octanol–water partition coefficient (Wildman–Crippen LogP) is 4.46. The van der Waals surface area contributed by atoms with Gasteiger partial charge in [0.1, 0.15) is 0 Å². The number of fused-ring (bicyclic) bond motifs is 2. The summed E-state index contributed by atoms with van der Waals surface area (Å²) >= 11 is 0. The maximum absolute atomic E-state index is 5.05. The zero-order valence-corrected chi connectivity index (χ0v) is 18.5. The standard InChI is InChI=1S/C25H27N4P/c1-16-4-6-24-20(12-16)19(17(2)29-10-3-8-26-9-11-29)14-25(28-24)22-15-27-23-7-5-18(30)13-21(22)23/h4-7,12-15,26-27H,2-3,8-11,30H2,1H3. The van der Waals surface area contributed by atoms with Crippen LogP contribution in [0.15, 0.2) is 55.2 Å². The quantitative estimate of drug-likeness (QED) is 0.487. The lowest BCUT2D eigenvalue weighted by Gasteiger charge is -2.26. The van der Waals surface area contributed by atoms with Crippen molar-refractivity contribution in [3.63, 3.8) is 0 Å². The van der Waals surface area contributed by atoms with Crippen LogP contribution < -0.4 is 10.6 Å². The summed E-state index contributed by atoms with van der Waals surface area (Å²) < 4.78 is 0. The Morgan fingerprint density at radius 1 is 1.07 bits per heavy atom. The van der Waals surface area contributed by atoms with Gasteiger partial charge in [-0.05, 0) is 55.5 Å². The van der Waals surface area contributed by atoms with Gasteiger partial charge >= 0.3 is 0 Å². The van der Waals surface area contributed by atoms with E-state index in [1.807, 2.05) is 0 Å². The van der Waals surface area contributed by atoms with Gasteiger partial charge in [0.15, 0.2) is 0 Å². The number of benzene rings is 2. The third-order valence-electron chi connectivity index (χ3n) is 5.98. The monoisotopic (exact) mass is 414 g/mol. The third kappa shape index (κ3) is 3.51. The molecule has 0 amide bonds. The van der Waals surface area contributed by atoms with Crippen molar-refractivity contribution in [2.75, 3.05) is 26.2 Å². The van der Waals surface area contributed by atoms with Crippen LogP contribution in [0.5, 0.6) is 0 Å². The van der Waals surface area contributed by atoms with E-state index in [0.29, 0.717) is 0 Å². The average molecular weight is 414 g/mol. The number of rotatable bonds is 3. The van der Waals surface area contributed by atoms with Gasteiger partial charge in [-0.1, -0.05) is 24.3 Å². The minimum absolute atomic E-state index is 0.979. The Bertz CT molecular complexity index is 1250. The summed E-state index contributed by atoms with van der Waals surface area (Å²) in [5.41, 5.74) is 7.75. The minimum atomic E-state index is 0.979. The fourth-order valence-corrected chi connectivity index (χ4v) is 4.62. The molecule has 4 nitrogen and oxygen atoms in total. The Balaban J connectivity index is 1.69. The number of pyridine rings is 1. The normalized spacial score (nSPS) is 14.9. The Labute approximate surface area is 179 Å². The second-order valence-electron chi connectivity index (χ2n) is 8.12. The van der Waals surface area contributed by atoms with Crippen LogP contribution in [0.2, 0.25) is 0 Å². The molecule has 2 N–H and O–H groups in total. The molecule has 5 heteroatoms. The Hall–Kier alpha value is -2.68. The smallest absolute Gasteiger partial charge is 0.0737 e. The minimum Gasteiger partial charge on any atom is -0.370 e. The Kier molecular flexibility index (Phi) is 5.06. The number of hydrogen-bond acceptors (Lipinski definition) is 3. The average Bonchev–Trinajstić information content (AvgIpc) is 2.97. The highest BCUT2D eigenvalue weighted by atomic mass is 31.0. The second kappa shape index (κ2) is 7.86. The first-order valence-electron chi connectivity index (χ1n) is 10.5. The highest BCUT2D eigenvalue weighted by Gasteiger charge is 2.18. The molecule has 0 radical (unpaired) electrons. The molecule has 2 aromatic heterocycles. The number of hydrogen-bond donors (Lipinski definition) is 2. The van der Waals surface area contributed by atoms with Crippen LogP contribution in [-0.2, 0) is 0 Å². The van der Waals surface area contributed by atoms with E-state index in [-0.39, 0.29) is 0 Å². The van der Waals surface area contributed by atoms with E-state index >= 15 is 0 Å². The number of nitrogens with zero attached hydrogens (tertiary/aromatic N) is 2. The van der Waals surface area contributed by atoms with Crippen LogP contribution in [0.4, 0.5) is 0 Å². The predicted molar refractivity (Wildman–Crippen MR) is 131 cm³/mol. The largest absolute Gasteiger partial charge is 0.370 e. The molecule has 1 unspecified atom stereocenters. The molecule has 1 saturated heterocycles. The summed E-state index contributed by atoms with van der Waals surface area (Å²) in [4.78, 5) is 10.9. The maximum atomic E-state index is 5.05. The topological polar surface area (TPSA) is 44.0 Å². The van der Waals surface area contributed by atoms with Crippen molar-refractivity contribution in [3.05, 3.63) is 66.4 Å². The maximum Gasteiger partial charge on any atom is 0.0737 e. The van der Waals surface area contributed by atoms with Crippen molar-refractivity contribution >= 4 is 42.0 Å². The van der Waals surface area contributed by atoms with Crippen molar-refractivity contribution in [1.82, 2.24) is 20.2 Å². The first-order chi connectivity index (χ1) is 14.6. The number of H-pyrrole nitrogens is 1.